The molecular formula is C33H58O3. The number of rotatable bonds is 25. The first-order valence-corrected chi connectivity index (χ1v) is 15.6. The molecule has 0 bridgehead atoms. The summed E-state index contributed by atoms with van der Waals surface area (Å²) < 4.78 is 5.72. The molecular weight excluding hydrogens is 444 g/mol. The lowest BCUT2D eigenvalue weighted by atomic mass is 10.0. The Bertz CT molecular complexity index is 627. The van der Waals surface area contributed by atoms with Crippen LogP contribution in [0, 0.1) is 0 Å². The van der Waals surface area contributed by atoms with Crippen molar-refractivity contribution in [2.45, 2.75) is 168 Å². The van der Waals surface area contributed by atoms with E-state index in [9.17, 15) is 9.90 Å². The number of carbonyl (C=O) groups excluding carboxylic acids is 1. The van der Waals surface area contributed by atoms with E-state index in [2.05, 4.69) is 19.9 Å². The average molecular weight is 503 g/mol. The van der Waals surface area contributed by atoms with Crippen LogP contribution in [0.15, 0.2) is 24.3 Å². The first-order chi connectivity index (χ1) is 17.7. The number of benzene rings is 1. The average Bonchev–Trinajstić information content (AvgIpc) is 2.88. The summed E-state index contributed by atoms with van der Waals surface area (Å²) in [6.07, 6.45) is 26.8. The molecule has 0 saturated heterocycles. The smallest absolute Gasteiger partial charge is 0.311 e. The molecule has 0 aliphatic rings. The van der Waals surface area contributed by atoms with Gasteiger partial charge in [0.2, 0.25) is 0 Å². The fourth-order valence-electron chi connectivity index (χ4n) is 4.92. The van der Waals surface area contributed by atoms with Crippen molar-refractivity contribution in [3.8, 4) is 5.75 Å². The summed E-state index contributed by atoms with van der Waals surface area (Å²) >= 11 is 0. The molecule has 3 nitrogen and oxygen atoms in total. The van der Waals surface area contributed by atoms with Crippen molar-refractivity contribution in [2.75, 3.05) is 0 Å². The highest BCUT2D eigenvalue weighted by Crippen LogP contribution is 2.22. The number of esters is 1. The molecule has 1 aromatic carbocycles. The van der Waals surface area contributed by atoms with Gasteiger partial charge in [0.1, 0.15) is 5.75 Å². The fraction of sp³-hybridized carbons (Fsp3) is 0.788. The SMILES string of the molecule is CCCCCCCCCc1ccccc1OC(=O)CCCCCCCCCCC(O)CCCCCC. The number of aliphatic hydroxyl groups is 1. The molecule has 0 saturated carbocycles. The van der Waals surface area contributed by atoms with Gasteiger partial charge >= 0.3 is 5.97 Å². The Morgan fingerprint density at radius 3 is 1.75 bits per heavy atom. The van der Waals surface area contributed by atoms with Crippen LogP contribution < -0.4 is 4.74 Å². The van der Waals surface area contributed by atoms with Gasteiger partial charge in [0.05, 0.1) is 6.10 Å². The van der Waals surface area contributed by atoms with Crippen LogP contribution in [0.25, 0.3) is 0 Å². The molecule has 0 heterocycles. The molecule has 1 rings (SSSR count). The maximum absolute atomic E-state index is 12.4. The highest BCUT2D eigenvalue weighted by atomic mass is 16.5. The number of ether oxygens (including phenoxy) is 1. The minimum absolute atomic E-state index is 0.0877. The normalized spacial score (nSPS) is 12.1. The second-order valence-electron chi connectivity index (χ2n) is 10.8. The van der Waals surface area contributed by atoms with Gasteiger partial charge in [-0.1, -0.05) is 141 Å². The van der Waals surface area contributed by atoms with Gasteiger partial charge in [-0.15, -0.1) is 0 Å². The first kappa shape index (κ1) is 32.7. The predicted octanol–water partition coefficient (Wildman–Crippen LogP) is 10.1. The van der Waals surface area contributed by atoms with Gasteiger partial charge in [0.25, 0.3) is 0 Å². The quantitative estimate of drug-likeness (QED) is 0.0821. The molecule has 0 fully saturated rings. The second-order valence-corrected chi connectivity index (χ2v) is 10.8. The molecule has 3 heteroatoms. The third-order valence-corrected chi connectivity index (χ3v) is 7.31. The Morgan fingerprint density at radius 1 is 0.667 bits per heavy atom. The van der Waals surface area contributed by atoms with Gasteiger partial charge in [-0.2, -0.15) is 0 Å². The Morgan fingerprint density at radius 2 is 1.14 bits per heavy atom. The lowest BCUT2D eigenvalue weighted by Gasteiger charge is -2.10. The Hall–Kier alpha value is -1.35. The minimum Gasteiger partial charge on any atom is -0.426 e. The lowest BCUT2D eigenvalue weighted by Crippen LogP contribution is -2.09. The standard InChI is InChI=1S/C33H58O3/c1-3-5-7-9-12-15-18-24-30-25-22-23-28-32(30)36-33(35)29-21-17-14-11-10-13-16-20-27-31(34)26-19-8-6-4-2/h22-23,25,28,31,34H,3-21,24,26-27,29H2,1-2H3. The summed E-state index contributed by atoms with van der Waals surface area (Å²) in [6.45, 7) is 4.48. The van der Waals surface area contributed by atoms with Gasteiger partial charge in [0, 0.05) is 6.42 Å². The Balaban J connectivity index is 2.02. The monoisotopic (exact) mass is 502 g/mol. The molecule has 0 aliphatic heterocycles. The third-order valence-electron chi connectivity index (χ3n) is 7.31. The van der Waals surface area contributed by atoms with Gasteiger partial charge < -0.3 is 9.84 Å². The summed E-state index contributed by atoms with van der Waals surface area (Å²) in [4.78, 5) is 12.4. The molecule has 0 aromatic heterocycles. The maximum atomic E-state index is 12.4. The molecule has 1 aromatic rings. The van der Waals surface area contributed by atoms with Crippen LogP contribution in [0.5, 0.6) is 5.75 Å². The van der Waals surface area contributed by atoms with Crippen molar-refractivity contribution in [2.24, 2.45) is 0 Å². The van der Waals surface area contributed by atoms with Crippen molar-refractivity contribution in [3.63, 3.8) is 0 Å². The number of aliphatic hydroxyl groups excluding tert-OH is 1. The summed E-state index contributed by atoms with van der Waals surface area (Å²) in [5.41, 5.74) is 1.17. The van der Waals surface area contributed by atoms with Gasteiger partial charge in [-0.05, 0) is 43.7 Å². The summed E-state index contributed by atoms with van der Waals surface area (Å²) in [5, 5.41) is 10.0. The van der Waals surface area contributed by atoms with Crippen molar-refractivity contribution in [1.82, 2.24) is 0 Å². The summed E-state index contributed by atoms with van der Waals surface area (Å²) in [5.74, 6) is 0.676. The van der Waals surface area contributed by atoms with Crippen molar-refractivity contribution >= 4 is 5.97 Å². The zero-order valence-corrected chi connectivity index (χ0v) is 23.9. The van der Waals surface area contributed by atoms with E-state index in [1.165, 1.54) is 108 Å². The summed E-state index contributed by atoms with van der Waals surface area (Å²) in [7, 11) is 0. The highest BCUT2D eigenvalue weighted by Gasteiger charge is 2.09. The van der Waals surface area contributed by atoms with E-state index in [0.717, 1.165) is 44.3 Å². The van der Waals surface area contributed by atoms with Crippen LogP contribution >= 0.6 is 0 Å². The van der Waals surface area contributed by atoms with Crippen LogP contribution in [-0.4, -0.2) is 17.2 Å². The molecule has 0 aliphatic carbocycles. The topological polar surface area (TPSA) is 46.5 Å². The van der Waals surface area contributed by atoms with E-state index in [-0.39, 0.29) is 12.1 Å². The zero-order valence-electron chi connectivity index (χ0n) is 23.9. The van der Waals surface area contributed by atoms with Crippen molar-refractivity contribution in [3.05, 3.63) is 29.8 Å². The predicted molar refractivity (Wildman–Crippen MR) is 155 cm³/mol. The molecule has 0 amide bonds. The van der Waals surface area contributed by atoms with Crippen LogP contribution in [0.4, 0.5) is 0 Å². The molecule has 0 spiro atoms. The van der Waals surface area contributed by atoms with E-state index >= 15 is 0 Å². The molecule has 208 valence electrons. The number of aryl methyl sites for hydroxylation is 1. The van der Waals surface area contributed by atoms with Gasteiger partial charge in [-0.3, -0.25) is 4.79 Å². The van der Waals surface area contributed by atoms with Crippen LogP contribution in [0.3, 0.4) is 0 Å². The fourth-order valence-corrected chi connectivity index (χ4v) is 4.92. The van der Waals surface area contributed by atoms with Crippen LogP contribution in [0.2, 0.25) is 0 Å². The van der Waals surface area contributed by atoms with E-state index < -0.39 is 0 Å². The largest absolute Gasteiger partial charge is 0.426 e. The van der Waals surface area contributed by atoms with Gasteiger partial charge in [0.15, 0.2) is 0 Å². The van der Waals surface area contributed by atoms with Crippen LogP contribution in [0.1, 0.15) is 161 Å². The van der Waals surface area contributed by atoms with E-state index in [4.69, 9.17) is 4.74 Å². The molecule has 1 atom stereocenters. The van der Waals surface area contributed by atoms with E-state index in [0.29, 0.717) is 6.42 Å². The number of para-hydroxylation sites is 1. The number of unbranched alkanes of at least 4 members (excludes halogenated alkanes) is 16. The number of hydrogen-bond acceptors (Lipinski definition) is 3. The van der Waals surface area contributed by atoms with Crippen molar-refractivity contribution in [1.29, 1.82) is 0 Å². The van der Waals surface area contributed by atoms with Crippen molar-refractivity contribution < 1.29 is 14.6 Å². The van der Waals surface area contributed by atoms with E-state index in [1.54, 1.807) is 0 Å². The Labute approximate surface area is 223 Å². The minimum atomic E-state index is -0.0890. The van der Waals surface area contributed by atoms with Gasteiger partial charge in [-0.25, -0.2) is 0 Å². The molecule has 0 radical (unpaired) electrons. The first-order valence-electron chi connectivity index (χ1n) is 15.6. The zero-order chi connectivity index (χ0) is 26.1. The summed E-state index contributed by atoms with van der Waals surface area (Å²) in [6, 6.07) is 8.06. The molecule has 1 N–H and O–H groups in total. The third kappa shape index (κ3) is 18.9. The number of hydrogen-bond donors (Lipinski definition) is 1. The lowest BCUT2D eigenvalue weighted by molar-refractivity contribution is -0.134. The second kappa shape index (κ2) is 24.0. The Kier molecular flexibility index (Phi) is 21.8. The highest BCUT2D eigenvalue weighted by molar-refractivity contribution is 5.72. The maximum Gasteiger partial charge on any atom is 0.311 e. The molecule has 36 heavy (non-hydrogen) atoms. The number of carbonyl (C=O) groups is 1. The van der Waals surface area contributed by atoms with Crippen LogP contribution in [-0.2, 0) is 11.2 Å². The molecule has 1 unspecified atom stereocenters. The van der Waals surface area contributed by atoms with E-state index in [1.807, 2.05) is 18.2 Å².